The van der Waals surface area contributed by atoms with Crippen molar-refractivity contribution in [2.24, 2.45) is 5.41 Å². The van der Waals surface area contributed by atoms with Crippen LogP contribution in [0.25, 0.3) is 0 Å². The first kappa shape index (κ1) is 39.9. The number of hydrogen-bond donors (Lipinski definition) is 0. The second-order valence-corrected chi connectivity index (χ2v) is 16.8. The Bertz CT molecular complexity index is 1450. The van der Waals surface area contributed by atoms with Crippen LogP contribution in [0.2, 0.25) is 0 Å². The first-order valence-corrected chi connectivity index (χ1v) is 18.4. The average molecular weight is 1310 g/mol. The summed E-state index contributed by atoms with van der Waals surface area (Å²) < 4.78 is 133. The standard InChI is InChI=1S/C21H10F6I6O9S/c1-18(15(34)40-13-9(30)2-7(28)3-10(13)31,16(35)41-14-11(32)4-8(29)5-12(14)33)17(36)42-19(20(22,23)24,21(25,26)27)6-43(37,38)39/h2-5H,6H2,1H3,(H,37,38,39)/p-1. The van der Waals surface area contributed by atoms with E-state index >= 15 is 0 Å². The molecule has 0 radical (unpaired) electrons. The smallest absolute Gasteiger partial charge is 0.438 e. The van der Waals surface area contributed by atoms with Crippen molar-refractivity contribution in [2.75, 3.05) is 5.75 Å². The maximum atomic E-state index is 13.9. The van der Waals surface area contributed by atoms with E-state index in [4.69, 9.17) is 9.47 Å². The second-order valence-electron chi connectivity index (χ2n) is 8.22. The van der Waals surface area contributed by atoms with Gasteiger partial charge in [-0.15, -0.1) is 0 Å². The maximum absolute atomic E-state index is 13.9. The van der Waals surface area contributed by atoms with Crippen LogP contribution in [0.1, 0.15) is 6.92 Å². The number of esters is 3. The Kier molecular flexibility index (Phi) is 13.4. The molecule has 0 heterocycles. The van der Waals surface area contributed by atoms with Crippen molar-refractivity contribution in [1.82, 2.24) is 0 Å². The zero-order valence-corrected chi connectivity index (χ0v) is 33.9. The summed E-state index contributed by atoms with van der Waals surface area (Å²) in [6, 6.07) is 5.81. The van der Waals surface area contributed by atoms with Gasteiger partial charge >= 0.3 is 35.9 Å². The Balaban J connectivity index is 2.80. The summed E-state index contributed by atoms with van der Waals surface area (Å²) in [6.45, 7) is 0.280. The van der Waals surface area contributed by atoms with Crippen LogP contribution in [0.5, 0.6) is 11.5 Å². The minimum atomic E-state index is -6.77. The fraction of sp³-hybridized carbons (Fsp3) is 0.286. The van der Waals surface area contributed by atoms with Gasteiger partial charge < -0.3 is 18.8 Å². The van der Waals surface area contributed by atoms with Gasteiger partial charge in [0.2, 0.25) is 0 Å². The average Bonchev–Trinajstić information content (AvgIpc) is 2.79. The third kappa shape index (κ3) is 9.21. The molecule has 0 N–H and O–H groups in total. The number of rotatable bonds is 8. The summed E-state index contributed by atoms with van der Waals surface area (Å²) >= 11 is 10.5. The van der Waals surface area contributed by atoms with E-state index in [-0.39, 0.29) is 32.7 Å². The first-order valence-electron chi connectivity index (χ1n) is 10.3. The van der Waals surface area contributed by atoms with E-state index in [0.29, 0.717) is 7.14 Å². The van der Waals surface area contributed by atoms with Crippen LogP contribution in [0, 0.1) is 26.8 Å². The molecule has 0 fully saturated rings. The van der Waals surface area contributed by atoms with E-state index in [1.807, 2.05) is 45.2 Å². The fourth-order valence-corrected chi connectivity index (χ4v) is 11.4. The molecule has 22 heteroatoms. The molecule has 43 heavy (non-hydrogen) atoms. The van der Waals surface area contributed by atoms with Crippen LogP contribution in [-0.2, 0) is 29.2 Å². The van der Waals surface area contributed by atoms with E-state index in [2.05, 4.69) is 4.74 Å². The molecule has 238 valence electrons. The predicted molar refractivity (Wildman–Crippen MR) is 184 cm³/mol. The minimum absolute atomic E-state index is 0.186. The van der Waals surface area contributed by atoms with Gasteiger partial charge in [-0.1, -0.05) is 0 Å². The Morgan fingerprint density at radius 1 is 0.698 bits per heavy atom. The van der Waals surface area contributed by atoms with Crippen molar-refractivity contribution in [2.45, 2.75) is 24.9 Å². The molecule has 0 amide bonds. The van der Waals surface area contributed by atoms with Gasteiger partial charge in [0.15, 0.2) is 11.5 Å². The molecule has 9 nitrogen and oxygen atoms in total. The van der Waals surface area contributed by atoms with Gasteiger partial charge in [-0.25, -0.2) is 18.0 Å². The van der Waals surface area contributed by atoms with Crippen LogP contribution in [0.3, 0.4) is 0 Å². The maximum Gasteiger partial charge on any atom is 0.438 e. The van der Waals surface area contributed by atoms with Crippen LogP contribution in [-0.4, -0.2) is 54.6 Å². The van der Waals surface area contributed by atoms with Gasteiger partial charge in [0.1, 0.15) is 0 Å². The van der Waals surface area contributed by atoms with Gasteiger partial charge in [0.05, 0.1) is 30.2 Å². The lowest BCUT2D eigenvalue weighted by Gasteiger charge is -2.38. The second kappa shape index (κ2) is 14.5. The van der Waals surface area contributed by atoms with E-state index in [9.17, 15) is 53.7 Å². The van der Waals surface area contributed by atoms with Gasteiger partial charge in [-0.2, -0.15) is 26.3 Å². The summed E-state index contributed by atoms with van der Waals surface area (Å²) in [5.41, 5.74) is -9.71. The molecule has 0 spiro atoms. The van der Waals surface area contributed by atoms with Gasteiger partial charge in [0.25, 0.3) is 5.41 Å². The number of carbonyl (C=O) groups is 3. The van der Waals surface area contributed by atoms with E-state index in [0.717, 1.165) is 0 Å². The lowest BCUT2D eigenvalue weighted by molar-refractivity contribution is -0.362. The Morgan fingerprint density at radius 2 is 1.00 bits per heavy atom. The van der Waals surface area contributed by atoms with Crippen LogP contribution >= 0.6 is 136 Å². The highest BCUT2D eigenvalue weighted by atomic mass is 127. The molecule has 0 unspecified atom stereocenters. The summed E-state index contributed by atoms with van der Waals surface area (Å²) in [5.74, 6) is -10.9. The highest BCUT2D eigenvalue weighted by molar-refractivity contribution is 14.1. The third-order valence-electron chi connectivity index (χ3n) is 5.10. The first-order chi connectivity index (χ1) is 19.3. The highest BCUT2D eigenvalue weighted by Crippen LogP contribution is 2.48. The lowest BCUT2D eigenvalue weighted by Crippen LogP contribution is -2.65. The quantitative estimate of drug-likeness (QED) is 0.0700. The summed E-state index contributed by atoms with van der Waals surface area (Å²) in [6.07, 6.45) is -13.5. The van der Waals surface area contributed by atoms with E-state index < -0.39 is 57.1 Å². The molecule has 0 aliphatic carbocycles. The number of benzene rings is 2. The van der Waals surface area contributed by atoms with Crippen LogP contribution in [0.15, 0.2) is 24.3 Å². The lowest BCUT2D eigenvalue weighted by atomic mass is 9.90. The normalized spacial score (nSPS) is 13.0. The molecule has 0 aromatic heterocycles. The number of ether oxygens (including phenoxy) is 3. The van der Waals surface area contributed by atoms with Crippen molar-refractivity contribution in [3.8, 4) is 11.5 Å². The third-order valence-corrected chi connectivity index (χ3v) is 10.3. The molecule has 2 rings (SSSR count). The van der Waals surface area contributed by atoms with Crippen molar-refractivity contribution in [3.63, 3.8) is 0 Å². The fourth-order valence-electron chi connectivity index (χ4n) is 2.87. The van der Waals surface area contributed by atoms with E-state index in [1.165, 1.54) is 24.3 Å². The molecular weight excluding hydrogens is 1300 g/mol. The number of alkyl halides is 6. The SMILES string of the molecule is CC(C(=O)Oc1c(I)cc(I)cc1I)(C(=O)Oc1c(I)cc(I)cc1I)C(=O)OC(CS(=O)(=O)[O-])(C(F)(F)F)C(F)(F)F. The Morgan fingerprint density at radius 3 is 1.26 bits per heavy atom. The van der Waals surface area contributed by atoms with Crippen molar-refractivity contribution in [3.05, 3.63) is 45.7 Å². The molecule has 0 atom stereocenters. The predicted octanol–water partition coefficient (Wildman–Crippen LogP) is 6.78. The zero-order chi connectivity index (χ0) is 33.5. The summed E-state index contributed by atoms with van der Waals surface area (Å²) in [7, 11) is -6.41. The molecule has 0 saturated heterocycles. The molecule has 2 aromatic carbocycles. The topological polar surface area (TPSA) is 136 Å². The minimum Gasteiger partial charge on any atom is -0.748 e. The summed E-state index contributed by atoms with van der Waals surface area (Å²) in [5, 5.41) is 0. The molecule has 0 bridgehead atoms. The Hall–Kier alpha value is 0.720. The monoisotopic (exact) mass is 1310 g/mol. The molecule has 0 saturated carbocycles. The zero-order valence-electron chi connectivity index (χ0n) is 20.1. The largest absolute Gasteiger partial charge is 0.748 e. The number of hydrogen-bond acceptors (Lipinski definition) is 9. The van der Waals surface area contributed by atoms with Crippen LogP contribution in [0.4, 0.5) is 26.3 Å². The van der Waals surface area contributed by atoms with Crippen molar-refractivity contribution in [1.29, 1.82) is 0 Å². The van der Waals surface area contributed by atoms with E-state index in [1.54, 1.807) is 90.4 Å². The van der Waals surface area contributed by atoms with Crippen molar-refractivity contribution >= 4 is 164 Å². The number of halogens is 12. The number of carbonyl (C=O) groups excluding carboxylic acids is 3. The highest BCUT2D eigenvalue weighted by Gasteiger charge is 2.76. The van der Waals surface area contributed by atoms with Gasteiger partial charge in [-0.05, 0) is 167 Å². The van der Waals surface area contributed by atoms with Crippen LogP contribution < -0.4 is 9.47 Å². The molecular formula is C21H9F6I6O9S-. The summed E-state index contributed by atoms with van der Waals surface area (Å²) in [4.78, 5) is 40.1. The Labute approximate surface area is 320 Å². The molecule has 2 aromatic rings. The van der Waals surface area contributed by atoms with Crippen molar-refractivity contribution < 1.29 is 67.9 Å². The molecule has 0 aliphatic rings. The van der Waals surface area contributed by atoms with Gasteiger partial charge in [0, 0.05) is 7.14 Å². The van der Waals surface area contributed by atoms with Gasteiger partial charge in [-0.3, -0.25) is 4.79 Å². The molecule has 0 aliphatic heterocycles.